The molecule has 0 aliphatic rings. The van der Waals surface area contributed by atoms with Crippen LogP contribution in [0.2, 0.25) is 0 Å². The number of pyridine rings is 1. The summed E-state index contributed by atoms with van der Waals surface area (Å²) >= 11 is 0. The van der Waals surface area contributed by atoms with E-state index >= 15 is 0 Å². The van der Waals surface area contributed by atoms with Gasteiger partial charge in [0.25, 0.3) is 0 Å². The van der Waals surface area contributed by atoms with Gasteiger partial charge in [-0.3, -0.25) is 4.98 Å². The van der Waals surface area contributed by atoms with Gasteiger partial charge in [0.15, 0.2) is 0 Å². The molecule has 1 N–H and O–H groups in total. The van der Waals surface area contributed by atoms with Crippen molar-refractivity contribution in [1.29, 1.82) is 0 Å². The number of nitrogens with one attached hydrogen (secondary N) is 1. The van der Waals surface area contributed by atoms with Crippen molar-refractivity contribution in [3.05, 3.63) is 53.7 Å². The van der Waals surface area contributed by atoms with E-state index in [-0.39, 0.29) is 5.54 Å². The highest BCUT2D eigenvalue weighted by atomic mass is 14.9. The average molecular weight is 282 g/mol. The summed E-state index contributed by atoms with van der Waals surface area (Å²) in [5.74, 6) is 0. The predicted molar refractivity (Wildman–Crippen MR) is 91.6 cm³/mol. The first kappa shape index (κ1) is 15.7. The Bertz CT molecular complexity index is 621. The molecule has 0 saturated carbocycles. The molecule has 0 saturated heterocycles. The Kier molecular flexibility index (Phi) is 5.13. The Balaban J connectivity index is 1.93. The van der Waals surface area contributed by atoms with Crippen molar-refractivity contribution >= 4 is 10.9 Å². The summed E-state index contributed by atoms with van der Waals surface area (Å²) in [6.07, 6.45) is 4.31. The molecule has 1 heterocycles. The van der Waals surface area contributed by atoms with Crippen LogP contribution >= 0.6 is 0 Å². The minimum Gasteiger partial charge on any atom is -0.312 e. The van der Waals surface area contributed by atoms with Crippen LogP contribution in [0.15, 0.2) is 48.0 Å². The van der Waals surface area contributed by atoms with E-state index < -0.39 is 0 Å². The van der Waals surface area contributed by atoms with E-state index in [9.17, 15) is 0 Å². The first-order valence-corrected chi connectivity index (χ1v) is 7.69. The third-order valence-electron chi connectivity index (χ3n) is 3.41. The van der Waals surface area contributed by atoms with Crippen molar-refractivity contribution < 1.29 is 0 Å². The van der Waals surface area contributed by atoms with E-state index in [1.54, 1.807) is 0 Å². The van der Waals surface area contributed by atoms with Crippen molar-refractivity contribution in [3.8, 4) is 0 Å². The molecule has 2 rings (SSSR count). The molecule has 2 nitrogen and oxygen atoms in total. The van der Waals surface area contributed by atoms with Gasteiger partial charge in [-0.05, 0) is 52.8 Å². The van der Waals surface area contributed by atoms with Gasteiger partial charge in [0.1, 0.15) is 0 Å². The highest BCUT2D eigenvalue weighted by Crippen LogP contribution is 2.14. The zero-order valence-electron chi connectivity index (χ0n) is 13.6. The number of para-hydroxylation sites is 1. The van der Waals surface area contributed by atoms with Gasteiger partial charge in [-0.1, -0.05) is 35.9 Å². The number of allylic oxidation sites excluding steroid dienone is 1. The summed E-state index contributed by atoms with van der Waals surface area (Å²) in [5.41, 5.74) is 3.80. The summed E-state index contributed by atoms with van der Waals surface area (Å²) < 4.78 is 0. The highest BCUT2D eigenvalue weighted by Gasteiger charge is 2.06. The van der Waals surface area contributed by atoms with E-state index in [1.807, 2.05) is 6.07 Å². The van der Waals surface area contributed by atoms with Crippen LogP contribution in [-0.4, -0.2) is 17.1 Å². The number of benzene rings is 1. The Morgan fingerprint density at radius 3 is 2.67 bits per heavy atom. The quantitative estimate of drug-likeness (QED) is 0.645. The van der Waals surface area contributed by atoms with Gasteiger partial charge in [-0.25, -0.2) is 0 Å². The van der Waals surface area contributed by atoms with Crippen molar-refractivity contribution in [3.63, 3.8) is 0 Å². The van der Waals surface area contributed by atoms with Crippen molar-refractivity contribution in [2.45, 2.75) is 46.1 Å². The van der Waals surface area contributed by atoms with Gasteiger partial charge in [0, 0.05) is 23.0 Å². The summed E-state index contributed by atoms with van der Waals surface area (Å²) in [7, 11) is 0. The first-order chi connectivity index (χ1) is 9.94. The molecule has 0 aliphatic heterocycles. The van der Waals surface area contributed by atoms with E-state index in [0.717, 1.165) is 30.6 Å². The molecule has 1 aromatic carbocycles. The minimum absolute atomic E-state index is 0.196. The fourth-order valence-electron chi connectivity index (χ4n) is 2.33. The lowest BCUT2D eigenvalue weighted by Crippen LogP contribution is -2.36. The molecule has 112 valence electrons. The third-order valence-corrected chi connectivity index (χ3v) is 3.41. The zero-order valence-corrected chi connectivity index (χ0v) is 13.6. The first-order valence-electron chi connectivity index (χ1n) is 7.69. The molecule has 2 heteroatoms. The molecule has 2 aromatic rings. The van der Waals surface area contributed by atoms with Crippen molar-refractivity contribution in [1.82, 2.24) is 10.3 Å². The largest absolute Gasteiger partial charge is 0.312 e. The molecule has 0 atom stereocenters. The van der Waals surface area contributed by atoms with Crippen LogP contribution in [0.5, 0.6) is 0 Å². The zero-order chi connectivity index (χ0) is 15.3. The average Bonchev–Trinajstić information content (AvgIpc) is 2.42. The van der Waals surface area contributed by atoms with E-state index in [1.165, 1.54) is 11.0 Å². The predicted octanol–water partition coefficient (Wildman–Crippen LogP) is 4.50. The van der Waals surface area contributed by atoms with Crippen LogP contribution in [0, 0.1) is 0 Å². The third kappa shape index (κ3) is 5.31. The van der Waals surface area contributed by atoms with E-state index in [4.69, 9.17) is 4.98 Å². The van der Waals surface area contributed by atoms with Gasteiger partial charge in [-0.15, -0.1) is 0 Å². The molecular formula is C19H26N2. The van der Waals surface area contributed by atoms with Crippen LogP contribution < -0.4 is 5.32 Å². The molecule has 0 amide bonds. The number of hydrogen-bond acceptors (Lipinski definition) is 2. The second kappa shape index (κ2) is 6.86. The lowest BCUT2D eigenvalue weighted by atomic mass is 10.1. The molecule has 0 radical (unpaired) electrons. The van der Waals surface area contributed by atoms with Crippen LogP contribution in [0.25, 0.3) is 10.9 Å². The van der Waals surface area contributed by atoms with Crippen molar-refractivity contribution in [2.75, 3.05) is 6.54 Å². The maximum Gasteiger partial charge on any atom is 0.0705 e. The van der Waals surface area contributed by atoms with Crippen molar-refractivity contribution in [2.24, 2.45) is 0 Å². The van der Waals surface area contributed by atoms with Crippen LogP contribution in [0.4, 0.5) is 0 Å². The minimum atomic E-state index is 0.196. The van der Waals surface area contributed by atoms with E-state index in [0.29, 0.717) is 0 Å². The second-order valence-corrected chi connectivity index (χ2v) is 6.69. The molecule has 21 heavy (non-hydrogen) atoms. The fourth-order valence-corrected chi connectivity index (χ4v) is 2.33. The number of nitrogens with zero attached hydrogens (tertiary/aromatic N) is 1. The standard InChI is InChI=1S/C19H26N2/c1-15(8-7-13-20-19(2,3)4)14-17-12-11-16-9-5-6-10-18(16)21-17/h5-6,8-12,20H,7,13-14H2,1-4H3. The Labute approximate surface area is 128 Å². The maximum absolute atomic E-state index is 4.73. The highest BCUT2D eigenvalue weighted by molar-refractivity contribution is 5.78. The van der Waals surface area contributed by atoms with Crippen LogP contribution in [0.1, 0.15) is 39.8 Å². The summed E-state index contributed by atoms with van der Waals surface area (Å²) in [6, 6.07) is 12.6. The SMILES string of the molecule is CC(=CCCNC(C)(C)C)Cc1ccc2ccccc2n1. The van der Waals surface area contributed by atoms with Gasteiger partial charge in [-0.2, -0.15) is 0 Å². The summed E-state index contributed by atoms with van der Waals surface area (Å²) in [6.45, 7) is 9.80. The Morgan fingerprint density at radius 1 is 1.14 bits per heavy atom. The molecule has 1 aromatic heterocycles. The van der Waals surface area contributed by atoms with Gasteiger partial charge in [0.05, 0.1) is 5.52 Å². The topological polar surface area (TPSA) is 24.9 Å². The Hall–Kier alpha value is -1.67. The van der Waals surface area contributed by atoms with Gasteiger partial charge in [0.2, 0.25) is 0 Å². The molecule has 0 fully saturated rings. The number of rotatable bonds is 5. The smallest absolute Gasteiger partial charge is 0.0705 e. The monoisotopic (exact) mass is 282 g/mol. The van der Waals surface area contributed by atoms with Crippen LogP contribution in [0.3, 0.4) is 0 Å². The summed E-state index contributed by atoms with van der Waals surface area (Å²) in [4.78, 5) is 4.73. The number of hydrogen-bond donors (Lipinski definition) is 1. The van der Waals surface area contributed by atoms with Gasteiger partial charge < -0.3 is 5.32 Å². The molecule has 0 aliphatic carbocycles. The van der Waals surface area contributed by atoms with Gasteiger partial charge >= 0.3 is 0 Å². The fraction of sp³-hybridized carbons (Fsp3) is 0.421. The lowest BCUT2D eigenvalue weighted by molar-refractivity contribution is 0.431. The van der Waals surface area contributed by atoms with E-state index in [2.05, 4.69) is 69.4 Å². The summed E-state index contributed by atoms with van der Waals surface area (Å²) in [5, 5.41) is 4.71. The number of aromatic nitrogens is 1. The maximum atomic E-state index is 4.73. The van der Waals surface area contributed by atoms with Crippen LogP contribution in [-0.2, 0) is 6.42 Å². The molecule has 0 unspecified atom stereocenters. The number of fused-ring (bicyclic) bond motifs is 1. The molecule has 0 spiro atoms. The molecule has 0 bridgehead atoms. The normalized spacial score (nSPS) is 12.9. The second-order valence-electron chi connectivity index (χ2n) is 6.69. The molecular weight excluding hydrogens is 256 g/mol. The Morgan fingerprint density at radius 2 is 1.90 bits per heavy atom. The lowest BCUT2D eigenvalue weighted by Gasteiger charge is -2.19.